The lowest BCUT2D eigenvalue weighted by Crippen LogP contribution is -2.58. The van der Waals surface area contributed by atoms with Gasteiger partial charge in [0, 0.05) is 0 Å². The van der Waals surface area contributed by atoms with Crippen LogP contribution in [0.2, 0.25) is 0 Å². The van der Waals surface area contributed by atoms with E-state index in [0.717, 1.165) is 16.0 Å². The van der Waals surface area contributed by atoms with Crippen LogP contribution in [-0.4, -0.2) is 17.8 Å². The number of urea groups is 1. The van der Waals surface area contributed by atoms with Gasteiger partial charge in [-0.25, -0.2) is 9.69 Å². The largest absolute Gasteiger partial charge is 0.335 e. The van der Waals surface area contributed by atoms with Crippen LogP contribution in [0.25, 0.3) is 0 Å². The second-order valence-electron chi connectivity index (χ2n) is 5.50. The number of nitrogens with zero attached hydrogens (tertiary/aromatic N) is 1. The van der Waals surface area contributed by atoms with Gasteiger partial charge in [-0.1, -0.05) is 48.5 Å². The van der Waals surface area contributed by atoms with E-state index >= 15 is 0 Å². The van der Waals surface area contributed by atoms with Crippen molar-refractivity contribution in [3.05, 3.63) is 65.7 Å². The maximum Gasteiger partial charge on any atom is 0.335 e. The molecule has 1 atom stereocenters. The monoisotopic (exact) mass is 308 g/mol. The smallest absolute Gasteiger partial charge is 0.277 e. The predicted molar refractivity (Wildman–Crippen MR) is 85.8 cm³/mol. The van der Waals surface area contributed by atoms with Crippen LogP contribution in [0.15, 0.2) is 54.6 Å². The fourth-order valence-electron chi connectivity index (χ4n) is 2.69. The van der Waals surface area contributed by atoms with Gasteiger partial charge in [0.1, 0.15) is 5.92 Å². The Labute approximate surface area is 133 Å². The number of imide groups is 2. The fourth-order valence-corrected chi connectivity index (χ4v) is 2.69. The Bertz CT molecular complexity index is 771. The molecule has 23 heavy (non-hydrogen) atoms. The molecule has 1 saturated heterocycles. The fraction of sp³-hybridized carbons (Fsp3) is 0.167. The molecule has 116 valence electrons. The number of hydrogen-bond acceptors (Lipinski definition) is 3. The van der Waals surface area contributed by atoms with Crippen molar-refractivity contribution >= 4 is 23.5 Å². The highest BCUT2D eigenvalue weighted by Crippen LogP contribution is 2.25. The summed E-state index contributed by atoms with van der Waals surface area (Å²) in [6, 6.07) is 15.7. The first kappa shape index (κ1) is 15.0. The zero-order chi connectivity index (χ0) is 16.4. The summed E-state index contributed by atoms with van der Waals surface area (Å²) in [4.78, 5) is 38.0. The van der Waals surface area contributed by atoms with E-state index in [4.69, 9.17) is 0 Å². The number of benzene rings is 2. The molecule has 0 radical (unpaired) electrons. The molecule has 4 amide bonds. The van der Waals surface area contributed by atoms with E-state index in [1.807, 2.05) is 49.4 Å². The SMILES string of the molecule is Cc1ccccc1N1C(=O)NC(=O)C(Cc2ccccc2)C1=O. The number of carbonyl (C=O) groups is 3. The van der Waals surface area contributed by atoms with Crippen LogP contribution in [0, 0.1) is 12.8 Å². The van der Waals surface area contributed by atoms with E-state index in [1.54, 1.807) is 12.1 Å². The number of barbiturate groups is 1. The molecule has 2 aromatic carbocycles. The second kappa shape index (κ2) is 6.04. The summed E-state index contributed by atoms with van der Waals surface area (Å²) in [5.41, 5.74) is 2.17. The lowest BCUT2D eigenvalue weighted by molar-refractivity contribution is -0.134. The Morgan fingerprint density at radius 1 is 0.957 bits per heavy atom. The molecule has 5 nitrogen and oxygen atoms in total. The standard InChI is InChI=1S/C18H16N2O3/c1-12-7-5-6-10-15(12)20-17(22)14(16(21)19-18(20)23)11-13-8-3-2-4-9-13/h2-10,14H,11H2,1H3,(H,19,21,23). The lowest BCUT2D eigenvalue weighted by Gasteiger charge is -2.31. The summed E-state index contributed by atoms with van der Waals surface area (Å²) in [7, 11) is 0. The van der Waals surface area contributed by atoms with Gasteiger partial charge in [0.25, 0.3) is 0 Å². The van der Waals surface area contributed by atoms with Crippen LogP contribution in [0.4, 0.5) is 10.5 Å². The molecule has 0 bridgehead atoms. The van der Waals surface area contributed by atoms with Crippen LogP contribution < -0.4 is 10.2 Å². The van der Waals surface area contributed by atoms with Crippen LogP contribution in [0.1, 0.15) is 11.1 Å². The van der Waals surface area contributed by atoms with E-state index in [2.05, 4.69) is 5.32 Å². The Morgan fingerprint density at radius 3 is 2.30 bits per heavy atom. The molecule has 3 rings (SSSR count). The summed E-state index contributed by atoms with van der Waals surface area (Å²) in [5.74, 6) is -1.94. The molecule has 0 spiro atoms. The zero-order valence-corrected chi connectivity index (χ0v) is 12.7. The first-order valence-electron chi connectivity index (χ1n) is 7.36. The Morgan fingerprint density at radius 2 is 1.61 bits per heavy atom. The van der Waals surface area contributed by atoms with Crippen molar-refractivity contribution in [3.8, 4) is 0 Å². The van der Waals surface area contributed by atoms with E-state index in [-0.39, 0.29) is 6.42 Å². The predicted octanol–water partition coefficient (Wildman–Crippen LogP) is 2.44. The van der Waals surface area contributed by atoms with Crippen LogP contribution in [0.3, 0.4) is 0 Å². The highest BCUT2D eigenvalue weighted by atomic mass is 16.2. The third-order valence-electron chi connectivity index (χ3n) is 3.91. The normalized spacial score (nSPS) is 18.0. The molecule has 0 saturated carbocycles. The minimum Gasteiger partial charge on any atom is -0.277 e. The minimum absolute atomic E-state index is 0.265. The van der Waals surface area contributed by atoms with Crippen LogP contribution >= 0.6 is 0 Å². The van der Waals surface area contributed by atoms with Gasteiger partial charge in [0.15, 0.2) is 0 Å². The molecular formula is C18H16N2O3. The molecule has 1 unspecified atom stereocenters. The summed E-state index contributed by atoms with van der Waals surface area (Å²) < 4.78 is 0. The number of nitrogens with one attached hydrogen (secondary N) is 1. The Hall–Kier alpha value is -2.95. The maximum absolute atomic E-state index is 12.7. The molecule has 1 heterocycles. The Kier molecular flexibility index (Phi) is 3.93. The van der Waals surface area contributed by atoms with Crippen molar-refractivity contribution in [1.82, 2.24) is 5.32 Å². The van der Waals surface area contributed by atoms with Gasteiger partial charge >= 0.3 is 6.03 Å². The van der Waals surface area contributed by atoms with Gasteiger partial charge in [-0.15, -0.1) is 0 Å². The Balaban J connectivity index is 1.93. The zero-order valence-electron chi connectivity index (χ0n) is 12.7. The van der Waals surface area contributed by atoms with Crippen molar-refractivity contribution in [3.63, 3.8) is 0 Å². The third-order valence-corrected chi connectivity index (χ3v) is 3.91. The van der Waals surface area contributed by atoms with Gasteiger partial charge < -0.3 is 0 Å². The van der Waals surface area contributed by atoms with Gasteiger partial charge in [-0.3, -0.25) is 14.9 Å². The number of hydrogen-bond donors (Lipinski definition) is 1. The average Bonchev–Trinajstić information content (AvgIpc) is 2.54. The van der Waals surface area contributed by atoms with E-state index < -0.39 is 23.8 Å². The van der Waals surface area contributed by atoms with Crippen molar-refractivity contribution < 1.29 is 14.4 Å². The quantitative estimate of drug-likeness (QED) is 0.886. The molecule has 1 fully saturated rings. The lowest BCUT2D eigenvalue weighted by atomic mass is 9.95. The summed E-state index contributed by atoms with van der Waals surface area (Å²) >= 11 is 0. The first-order chi connectivity index (χ1) is 11.1. The van der Waals surface area contributed by atoms with E-state index in [9.17, 15) is 14.4 Å². The third kappa shape index (κ3) is 2.85. The van der Waals surface area contributed by atoms with Gasteiger partial charge in [0.05, 0.1) is 5.69 Å². The number of carbonyl (C=O) groups excluding carboxylic acids is 3. The maximum atomic E-state index is 12.7. The summed E-state index contributed by atoms with van der Waals surface area (Å²) in [6.07, 6.45) is 0.265. The average molecular weight is 308 g/mol. The van der Waals surface area contributed by atoms with Crippen molar-refractivity contribution in [1.29, 1.82) is 0 Å². The highest BCUT2D eigenvalue weighted by molar-refractivity contribution is 6.28. The van der Waals surface area contributed by atoms with Gasteiger partial charge in [-0.2, -0.15) is 0 Å². The topological polar surface area (TPSA) is 66.5 Å². The van der Waals surface area contributed by atoms with Crippen molar-refractivity contribution in [2.45, 2.75) is 13.3 Å². The molecule has 0 aliphatic carbocycles. The van der Waals surface area contributed by atoms with Gasteiger partial charge in [-0.05, 0) is 30.5 Å². The summed E-state index contributed by atoms with van der Waals surface area (Å²) in [5, 5.41) is 2.28. The molecule has 0 aromatic heterocycles. The first-order valence-corrected chi connectivity index (χ1v) is 7.36. The number of amides is 4. The van der Waals surface area contributed by atoms with Crippen molar-refractivity contribution in [2.24, 2.45) is 5.92 Å². The van der Waals surface area contributed by atoms with E-state index in [1.165, 1.54) is 0 Å². The minimum atomic E-state index is -0.908. The van der Waals surface area contributed by atoms with Gasteiger partial charge in [0.2, 0.25) is 11.8 Å². The summed E-state index contributed by atoms with van der Waals surface area (Å²) in [6.45, 7) is 1.82. The number of aryl methyl sites for hydroxylation is 1. The molecular weight excluding hydrogens is 292 g/mol. The van der Waals surface area contributed by atoms with E-state index in [0.29, 0.717) is 5.69 Å². The molecule has 1 aliphatic heterocycles. The second-order valence-corrected chi connectivity index (χ2v) is 5.50. The number of anilines is 1. The highest BCUT2D eigenvalue weighted by Gasteiger charge is 2.41. The molecule has 2 aromatic rings. The number of para-hydroxylation sites is 1. The number of rotatable bonds is 3. The molecule has 5 heteroatoms. The van der Waals surface area contributed by atoms with Crippen LogP contribution in [0.5, 0.6) is 0 Å². The molecule has 1 aliphatic rings. The van der Waals surface area contributed by atoms with Crippen molar-refractivity contribution in [2.75, 3.05) is 4.90 Å². The van der Waals surface area contributed by atoms with Crippen LogP contribution in [-0.2, 0) is 16.0 Å². The molecule has 1 N–H and O–H groups in total.